The highest BCUT2D eigenvalue weighted by Gasteiger charge is 2.66. The standard InChI is InChI=1S/C26H27F2N3O3S/c1-6-15(3)34-17-7-14(2)23(30-12-17)20(32)10-16-8-18(22(28)19(27)9-16)25(4)21-11-26(21,13-33-5)35-24(29)31-25/h1,7-9,12,15,21H,10-11,13H2,2-5H3,(H2,29,31)/t15-,21-,25+,26+/m0/s1. The lowest BCUT2D eigenvalue weighted by Gasteiger charge is -2.34. The highest BCUT2D eigenvalue weighted by molar-refractivity contribution is 8.15. The Kier molecular flexibility index (Phi) is 6.64. The zero-order valence-corrected chi connectivity index (χ0v) is 20.8. The van der Waals surface area contributed by atoms with E-state index >= 15 is 4.39 Å². The Morgan fingerprint density at radius 3 is 2.80 bits per heavy atom. The summed E-state index contributed by atoms with van der Waals surface area (Å²) in [5, 5.41) is 0.306. The number of nitrogens with two attached hydrogens (primary N) is 1. The molecule has 2 heterocycles. The highest BCUT2D eigenvalue weighted by Crippen LogP contribution is 2.66. The van der Waals surface area contributed by atoms with Gasteiger partial charge in [0.2, 0.25) is 0 Å². The van der Waals surface area contributed by atoms with Crippen LogP contribution in [0.4, 0.5) is 8.78 Å². The van der Waals surface area contributed by atoms with Crippen LogP contribution >= 0.6 is 11.8 Å². The predicted molar refractivity (Wildman–Crippen MR) is 132 cm³/mol. The number of fused-ring (bicyclic) bond motifs is 1. The number of thioether (sulfide) groups is 1. The minimum atomic E-state index is -1.07. The van der Waals surface area contributed by atoms with Gasteiger partial charge in [-0.05, 0) is 56.5 Å². The van der Waals surface area contributed by atoms with Crippen molar-refractivity contribution in [1.29, 1.82) is 0 Å². The molecule has 35 heavy (non-hydrogen) atoms. The highest BCUT2D eigenvalue weighted by atomic mass is 32.2. The van der Waals surface area contributed by atoms with Gasteiger partial charge < -0.3 is 15.2 Å². The van der Waals surface area contributed by atoms with E-state index in [-0.39, 0.29) is 34.1 Å². The minimum absolute atomic E-state index is 0.0750. The largest absolute Gasteiger partial charge is 0.476 e. The van der Waals surface area contributed by atoms with Crippen molar-refractivity contribution in [2.45, 2.75) is 50.0 Å². The van der Waals surface area contributed by atoms with Gasteiger partial charge in [0.15, 0.2) is 28.7 Å². The van der Waals surface area contributed by atoms with Gasteiger partial charge >= 0.3 is 0 Å². The molecule has 1 fully saturated rings. The number of halogens is 2. The number of ether oxygens (including phenoxy) is 2. The van der Waals surface area contributed by atoms with Crippen LogP contribution in [0.1, 0.15) is 47.4 Å². The molecule has 0 spiro atoms. The maximum atomic E-state index is 15.1. The fourth-order valence-corrected chi connectivity index (χ4v) is 6.31. The van der Waals surface area contributed by atoms with Crippen molar-refractivity contribution in [3.05, 3.63) is 58.4 Å². The van der Waals surface area contributed by atoms with E-state index in [1.807, 2.05) is 0 Å². The van der Waals surface area contributed by atoms with Gasteiger partial charge in [0.25, 0.3) is 0 Å². The van der Waals surface area contributed by atoms with E-state index < -0.39 is 23.3 Å². The number of pyridine rings is 1. The van der Waals surface area contributed by atoms with E-state index in [1.54, 1.807) is 33.9 Å². The van der Waals surface area contributed by atoms with Gasteiger partial charge in [-0.3, -0.25) is 9.79 Å². The summed E-state index contributed by atoms with van der Waals surface area (Å²) in [5.41, 5.74) is 6.25. The number of methoxy groups -OCH3 is 1. The van der Waals surface area contributed by atoms with Crippen molar-refractivity contribution in [3.8, 4) is 18.1 Å². The summed E-state index contributed by atoms with van der Waals surface area (Å²) in [4.78, 5) is 21.8. The Hall–Kier alpha value is -2.96. The van der Waals surface area contributed by atoms with Crippen LogP contribution in [0.3, 0.4) is 0 Å². The number of terminal acetylenes is 1. The third kappa shape index (κ3) is 4.65. The zero-order chi connectivity index (χ0) is 25.5. The fourth-order valence-electron chi connectivity index (χ4n) is 4.86. The summed E-state index contributed by atoms with van der Waals surface area (Å²) < 4.78 is 40.4. The van der Waals surface area contributed by atoms with E-state index in [0.717, 1.165) is 6.07 Å². The number of nitrogens with zero attached hydrogens (tertiary/aromatic N) is 2. The number of aryl methyl sites for hydroxylation is 1. The summed E-state index contributed by atoms with van der Waals surface area (Å²) >= 11 is 1.42. The average molecular weight is 500 g/mol. The lowest BCUT2D eigenvalue weighted by atomic mass is 9.84. The van der Waals surface area contributed by atoms with Gasteiger partial charge in [-0.1, -0.05) is 17.7 Å². The molecule has 1 aliphatic carbocycles. The summed E-state index contributed by atoms with van der Waals surface area (Å²) in [7, 11) is 1.60. The van der Waals surface area contributed by atoms with Crippen LogP contribution in [-0.2, 0) is 16.7 Å². The summed E-state index contributed by atoms with van der Waals surface area (Å²) in [6.45, 7) is 5.64. The van der Waals surface area contributed by atoms with Crippen LogP contribution in [0.2, 0.25) is 0 Å². The fraction of sp³-hybridized carbons (Fsp3) is 0.423. The van der Waals surface area contributed by atoms with Gasteiger partial charge in [0.1, 0.15) is 11.4 Å². The zero-order valence-electron chi connectivity index (χ0n) is 20.0. The molecule has 0 unspecified atom stereocenters. The molecule has 184 valence electrons. The molecular formula is C26H27F2N3O3S. The molecule has 2 aliphatic rings. The maximum absolute atomic E-state index is 15.1. The van der Waals surface area contributed by atoms with Gasteiger partial charge in [0, 0.05) is 25.0 Å². The van der Waals surface area contributed by atoms with Gasteiger partial charge in [0.05, 0.1) is 23.1 Å². The maximum Gasteiger partial charge on any atom is 0.185 e. The molecule has 0 amide bonds. The van der Waals surface area contributed by atoms with Crippen molar-refractivity contribution in [3.63, 3.8) is 0 Å². The van der Waals surface area contributed by atoms with E-state index in [2.05, 4.69) is 15.9 Å². The quantitative estimate of drug-likeness (QED) is 0.433. The van der Waals surface area contributed by atoms with E-state index in [0.29, 0.717) is 35.1 Å². The monoisotopic (exact) mass is 499 g/mol. The molecule has 1 aromatic heterocycles. The molecule has 0 saturated heterocycles. The van der Waals surface area contributed by atoms with Crippen molar-refractivity contribution in [2.75, 3.05) is 13.7 Å². The molecule has 0 radical (unpaired) electrons. The third-order valence-corrected chi connectivity index (χ3v) is 7.88. The second kappa shape index (κ2) is 9.25. The Labute approximate surface area is 207 Å². The van der Waals surface area contributed by atoms with Crippen molar-refractivity contribution in [2.24, 2.45) is 16.6 Å². The number of hydrogen-bond acceptors (Lipinski definition) is 7. The molecule has 0 bridgehead atoms. The molecule has 4 rings (SSSR count). The third-order valence-electron chi connectivity index (χ3n) is 6.60. The number of carbonyl (C=O) groups is 1. The normalized spacial score (nSPS) is 25.7. The molecule has 6 nitrogen and oxygen atoms in total. The van der Waals surface area contributed by atoms with Crippen LogP contribution < -0.4 is 10.5 Å². The molecule has 2 aromatic rings. The van der Waals surface area contributed by atoms with Crippen LogP contribution in [0.15, 0.2) is 29.4 Å². The Morgan fingerprint density at radius 2 is 2.14 bits per heavy atom. The predicted octanol–water partition coefficient (Wildman–Crippen LogP) is 4.18. The number of rotatable bonds is 8. The first-order valence-corrected chi connectivity index (χ1v) is 12.0. The number of amidine groups is 1. The number of benzene rings is 1. The Morgan fingerprint density at radius 1 is 1.40 bits per heavy atom. The first-order chi connectivity index (χ1) is 16.5. The van der Waals surface area contributed by atoms with E-state index in [9.17, 15) is 9.18 Å². The van der Waals surface area contributed by atoms with Crippen molar-refractivity contribution in [1.82, 2.24) is 4.98 Å². The summed E-state index contributed by atoms with van der Waals surface area (Å²) in [6, 6.07) is 4.23. The van der Waals surface area contributed by atoms with Gasteiger partial charge in [-0.2, -0.15) is 0 Å². The molecule has 9 heteroatoms. The topological polar surface area (TPSA) is 86.8 Å². The SMILES string of the molecule is C#C[C@H](C)Oc1cnc(C(=O)Cc2cc(F)c(F)c([C@@]3(C)N=C(N)S[C@@]4(COC)C[C@H]43)c2)c(C)c1. The summed E-state index contributed by atoms with van der Waals surface area (Å²) in [6.07, 6.45) is 6.87. The van der Waals surface area contributed by atoms with Crippen LogP contribution in [0.25, 0.3) is 0 Å². The lowest BCUT2D eigenvalue weighted by molar-refractivity contribution is 0.0987. The lowest BCUT2D eigenvalue weighted by Crippen LogP contribution is -2.38. The molecule has 4 atom stereocenters. The number of ketones is 1. The molecule has 1 aromatic carbocycles. The number of carbonyl (C=O) groups excluding carboxylic acids is 1. The smallest absolute Gasteiger partial charge is 0.185 e. The van der Waals surface area contributed by atoms with Gasteiger partial charge in [-0.25, -0.2) is 13.8 Å². The summed E-state index contributed by atoms with van der Waals surface area (Å²) in [5.74, 6) is 0.482. The minimum Gasteiger partial charge on any atom is -0.476 e. The van der Waals surface area contributed by atoms with Crippen LogP contribution in [0, 0.1) is 36.8 Å². The average Bonchev–Trinajstić information content (AvgIpc) is 3.50. The van der Waals surface area contributed by atoms with Crippen LogP contribution in [0.5, 0.6) is 5.75 Å². The Balaban J connectivity index is 1.63. The van der Waals surface area contributed by atoms with Crippen LogP contribution in [-0.4, -0.2) is 40.5 Å². The molecule has 1 saturated carbocycles. The molecular weight excluding hydrogens is 472 g/mol. The second-order valence-corrected chi connectivity index (χ2v) is 10.7. The molecule has 2 N–H and O–H groups in total. The van der Waals surface area contributed by atoms with Gasteiger partial charge in [-0.15, -0.1) is 6.42 Å². The van der Waals surface area contributed by atoms with E-state index in [1.165, 1.54) is 24.0 Å². The number of Topliss-reactive ketones (excluding diaryl/α,β-unsaturated/α-hetero) is 1. The van der Waals surface area contributed by atoms with Crippen molar-refractivity contribution >= 4 is 22.7 Å². The number of aromatic nitrogens is 1. The number of aliphatic imine (C=N–C) groups is 1. The Bertz CT molecular complexity index is 1260. The molecule has 1 aliphatic heterocycles. The first-order valence-electron chi connectivity index (χ1n) is 11.2. The first kappa shape index (κ1) is 25.1. The van der Waals surface area contributed by atoms with E-state index in [4.69, 9.17) is 21.6 Å². The van der Waals surface area contributed by atoms with Crippen molar-refractivity contribution < 1.29 is 23.0 Å². The second-order valence-electron chi connectivity index (χ2n) is 9.26. The number of hydrogen-bond donors (Lipinski definition) is 1.